The molecule has 0 aromatic heterocycles. The van der Waals surface area contributed by atoms with Gasteiger partial charge in [0.15, 0.2) is 0 Å². The Balaban J connectivity index is 1.48. The first-order valence-electron chi connectivity index (χ1n) is 13.0. The van der Waals surface area contributed by atoms with Crippen LogP contribution in [0.25, 0.3) is 10.8 Å². The highest BCUT2D eigenvalue weighted by atomic mass is 16.5. The quantitative estimate of drug-likeness (QED) is 0.341. The molecule has 196 valence electrons. The number of nitrogens with one attached hydrogen (secondary N) is 2. The maximum Gasteiger partial charge on any atom is 0.321 e. The molecule has 3 aromatic rings. The zero-order chi connectivity index (χ0) is 26.2. The molecule has 1 saturated heterocycles. The Hall–Kier alpha value is -3.26. The highest BCUT2D eigenvalue weighted by Gasteiger charge is 2.34. The molecule has 37 heavy (non-hydrogen) atoms. The van der Waals surface area contributed by atoms with Crippen molar-refractivity contribution in [1.82, 2.24) is 15.5 Å². The summed E-state index contributed by atoms with van der Waals surface area (Å²) in [7, 11) is 1.49. The molecule has 1 amide bonds. The number of rotatable bonds is 11. The van der Waals surface area contributed by atoms with Gasteiger partial charge in [-0.1, -0.05) is 72.8 Å². The maximum atomic E-state index is 13.1. The number of hydrogen-bond donors (Lipinski definition) is 3. The number of carbonyl (C=O) groups is 2. The Bertz CT molecular complexity index is 1180. The van der Waals surface area contributed by atoms with Crippen LogP contribution in [-0.4, -0.2) is 61.4 Å². The number of methoxy groups -OCH3 is 1. The van der Waals surface area contributed by atoms with E-state index in [4.69, 9.17) is 4.74 Å². The molecule has 1 fully saturated rings. The van der Waals surface area contributed by atoms with E-state index in [0.717, 1.165) is 13.0 Å². The number of likely N-dealkylation sites (tertiary alicyclic amines) is 1. The van der Waals surface area contributed by atoms with E-state index in [1.807, 2.05) is 11.0 Å². The SMILES string of the molecule is COCN[C@@H](CC(=O)N1CCC(c2ccccc2)C(CN[C@H](C)c2cccc3ccccc23)C1)C(=O)O. The summed E-state index contributed by atoms with van der Waals surface area (Å²) in [5.74, 6) is -0.673. The van der Waals surface area contributed by atoms with Crippen LogP contribution in [-0.2, 0) is 14.3 Å². The van der Waals surface area contributed by atoms with Gasteiger partial charge in [-0.3, -0.25) is 14.9 Å². The van der Waals surface area contributed by atoms with Gasteiger partial charge in [-0.2, -0.15) is 0 Å². The van der Waals surface area contributed by atoms with Crippen molar-refractivity contribution in [2.45, 2.75) is 37.8 Å². The number of carbonyl (C=O) groups excluding carboxylic acids is 1. The molecule has 4 rings (SSSR count). The van der Waals surface area contributed by atoms with Crippen LogP contribution >= 0.6 is 0 Å². The van der Waals surface area contributed by atoms with Gasteiger partial charge in [-0.25, -0.2) is 0 Å². The van der Waals surface area contributed by atoms with Gasteiger partial charge in [0.1, 0.15) is 6.04 Å². The Morgan fingerprint density at radius 3 is 2.51 bits per heavy atom. The first-order valence-corrected chi connectivity index (χ1v) is 13.0. The number of carboxylic acid groups (broad SMARTS) is 1. The molecule has 1 aliphatic rings. The van der Waals surface area contributed by atoms with Gasteiger partial charge in [0, 0.05) is 32.8 Å². The van der Waals surface area contributed by atoms with Crippen molar-refractivity contribution in [2.75, 3.05) is 33.5 Å². The Labute approximate surface area is 218 Å². The summed E-state index contributed by atoms with van der Waals surface area (Å²) in [6, 6.07) is 24.5. The maximum absolute atomic E-state index is 13.1. The van der Waals surface area contributed by atoms with Crippen molar-refractivity contribution in [2.24, 2.45) is 5.92 Å². The molecule has 2 unspecified atom stereocenters. The van der Waals surface area contributed by atoms with E-state index in [1.165, 1.54) is 29.0 Å². The largest absolute Gasteiger partial charge is 0.480 e. The molecule has 7 nitrogen and oxygen atoms in total. The average molecular weight is 504 g/mol. The minimum absolute atomic E-state index is 0.0823. The summed E-state index contributed by atoms with van der Waals surface area (Å²) in [5, 5.41) is 18.5. The molecule has 0 aliphatic carbocycles. The zero-order valence-electron chi connectivity index (χ0n) is 21.6. The minimum Gasteiger partial charge on any atom is -0.480 e. The third kappa shape index (κ3) is 6.74. The van der Waals surface area contributed by atoms with E-state index in [1.54, 1.807) is 0 Å². The summed E-state index contributed by atoms with van der Waals surface area (Å²) in [6.45, 7) is 4.22. The van der Waals surface area contributed by atoms with E-state index < -0.39 is 12.0 Å². The number of fused-ring (bicyclic) bond motifs is 1. The Kier molecular flexibility index (Phi) is 9.28. The van der Waals surface area contributed by atoms with E-state index in [0.29, 0.717) is 19.0 Å². The lowest BCUT2D eigenvalue weighted by Gasteiger charge is -2.40. The zero-order valence-corrected chi connectivity index (χ0v) is 21.6. The van der Waals surface area contributed by atoms with Crippen LogP contribution < -0.4 is 10.6 Å². The van der Waals surface area contributed by atoms with Crippen LogP contribution in [0.3, 0.4) is 0 Å². The molecule has 0 bridgehead atoms. The average Bonchev–Trinajstić information content (AvgIpc) is 2.93. The predicted molar refractivity (Wildman–Crippen MR) is 145 cm³/mol. The van der Waals surface area contributed by atoms with E-state index in [-0.39, 0.29) is 31.0 Å². The summed E-state index contributed by atoms with van der Waals surface area (Å²) < 4.78 is 4.94. The third-order valence-electron chi connectivity index (χ3n) is 7.44. The Morgan fingerprint density at radius 2 is 1.76 bits per heavy atom. The second-order valence-corrected chi connectivity index (χ2v) is 9.84. The van der Waals surface area contributed by atoms with E-state index >= 15 is 0 Å². The molecule has 0 radical (unpaired) electrons. The second kappa shape index (κ2) is 12.8. The molecule has 3 N–H and O–H groups in total. The molecule has 7 heteroatoms. The van der Waals surface area contributed by atoms with Gasteiger partial charge >= 0.3 is 5.97 Å². The van der Waals surface area contributed by atoms with Crippen LogP contribution in [0.15, 0.2) is 72.8 Å². The highest BCUT2D eigenvalue weighted by Crippen LogP contribution is 2.34. The standard InChI is InChI=1S/C30H37N3O4/c1-21(25-14-8-12-23-11-6-7-13-27(23)25)31-18-24-19-33(16-15-26(24)22-9-4-3-5-10-22)29(34)17-28(30(35)36)32-20-37-2/h3-14,21,24,26,28,31-32H,15-20H2,1-2H3,(H,35,36)/t21-,24?,26?,28+/m1/s1. The van der Waals surface area contributed by atoms with Crippen LogP contribution in [0.4, 0.5) is 0 Å². The van der Waals surface area contributed by atoms with Crippen LogP contribution in [0.5, 0.6) is 0 Å². The van der Waals surface area contributed by atoms with Crippen molar-refractivity contribution in [3.05, 3.63) is 83.9 Å². The summed E-state index contributed by atoms with van der Waals surface area (Å²) in [6.07, 6.45) is 0.745. The van der Waals surface area contributed by atoms with Crippen molar-refractivity contribution < 1.29 is 19.4 Å². The smallest absolute Gasteiger partial charge is 0.321 e. The second-order valence-electron chi connectivity index (χ2n) is 9.84. The van der Waals surface area contributed by atoms with E-state index in [2.05, 4.69) is 84.3 Å². The number of amides is 1. The lowest BCUT2D eigenvalue weighted by Crippen LogP contribution is -2.49. The number of nitrogens with zero attached hydrogens (tertiary/aromatic N) is 1. The fourth-order valence-electron chi connectivity index (χ4n) is 5.41. The van der Waals surface area contributed by atoms with E-state index in [9.17, 15) is 14.7 Å². The lowest BCUT2D eigenvalue weighted by molar-refractivity contribution is -0.144. The molecule has 0 saturated carbocycles. The highest BCUT2D eigenvalue weighted by molar-refractivity contribution is 5.86. The fourth-order valence-corrected chi connectivity index (χ4v) is 5.41. The molecule has 0 spiro atoms. The molecule has 1 heterocycles. The molecule has 1 aliphatic heterocycles. The predicted octanol–water partition coefficient (Wildman–Crippen LogP) is 4.16. The van der Waals surface area contributed by atoms with Crippen molar-refractivity contribution in [3.8, 4) is 0 Å². The summed E-state index contributed by atoms with van der Waals surface area (Å²) in [4.78, 5) is 26.6. The minimum atomic E-state index is -1.05. The van der Waals surface area contributed by atoms with Crippen molar-refractivity contribution in [3.63, 3.8) is 0 Å². The molecular formula is C30H37N3O4. The van der Waals surface area contributed by atoms with Crippen LogP contribution in [0, 0.1) is 5.92 Å². The van der Waals surface area contributed by atoms with Crippen LogP contribution in [0.1, 0.15) is 42.9 Å². The van der Waals surface area contributed by atoms with Crippen molar-refractivity contribution in [1.29, 1.82) is 0 Å². The van der Waals surface area contributed by atoms with Gasteiger partial charge in [0.05, 0.1) is 13.2 Å². The van der Waals surface area contributed by atoms with Gasteiger partial charge in [0.2, 0.25) is 5.91 Å². The van der Waals surface area contributed by atoms with Gasteiger partial charge in [-0.05, 0) is 47.1 Å². The molecular weight excluding hydrogens is 466 g/mol. The lowest BCUT2D eigenvalue weighted by atomic mass is 9.80. The molecule has 3 aromatic carbocycles. The van der Waals surface area contributed by atoms with Crippen molar-refractivity contribution >= 4 is 22.6 Å². The number of ether oxygens (including phenoxy) is 1. The molecule has 4 atom stereocenters. The van der Waals surface area contributed by atoms with Crippen LogP contribution in [0.2, 0.25) is 0 Å². The van der Waals surface area contributed by atoms with Gasteiger partial charge in [0.25, 0.3) is 0 Å². The third-order valence-corrected chi connectivity index (χ3v) is 7.44. The first kappa shape index (κ1) is 26.8. The number of carboxylic acids is 1. The number of benzene rings is 3. The topological polar surface area (TPSA) is 90.9 Å². The van der Waals surface area contributed by atoms with Gasteiger partial charge < -0.3 is 20.1 Å². The first-order chi connectivity index (χ1) is 18.0. The number of aliphatic carboxylic acids is 1. The number of hydrogen-bond acceptors (Lipinski definition) is 5. The van der Waals surface area contributed by atoms with Gasteiger partial charge in [-0.15, -0.1) is 0 Å². The number of piperidine rings is 1. The Morgan fingerprint density at radius 1 is 1.03 bits per heavy atom. The fraction of sp³-hybridized carbons (Fsp3) is 0.400. The summed E-state index contributed by atoms with van der Waals surface area (Å²) in [5.41, 5.74) is 2.54. The normalized spacial score (nSPS) is 19.5. The monoisotopic (exact) mass is 503 g/mol. The summed E-state index contributed by atoms with van der Waals surface area (Å²) >= 11 is 0.